The molecule has 3 rings (SSSR count). The number of ether oxygens (including phenoxy) is 1. The van der Waals surface area contributed by atoms with E-state index in [-0.39, 0.29) is 11.1 Å². The van der Waals surface area contributed by atoms with Gasteiger partial charge in [-0.25, -0.2) is 8.78 Å². The zero-order valence-electron chi connectivity index (χ0n) is 16.9. The number of benzene rings is 2. The van der Waals surface area contributed by atoms with Crippen molar-refractivity contribution in [2.24, 2.45) is 0 Å². The first-order valence-electron chi connectivity index (χ1n) is 10.3. The van der Waals surface area contributed by atoms with E-state index in [1.54, 1.807) is 0 Å². The highest BCUT2D eigenvalue weighted by Crippen LogP contribution is 2.35. The lowest BCUT2D eigenvalue weighted by Crippen LogP contribution is -2.17. The third-order valence-electron chi connectivity index (χ3n) is 5.40. The van der Waals surface area contributed by atoms with Gasteiger partial charge in [0, 0.05) is 0 Å². The number of hydrogen-bond donors (Lipinski definition) is 0. The van der Waals surface area contributed by atoms with Gasteiger partial charge in [0.15, 0.2) is 0 Å². The van der Waals surface area contributed by atoms with Crippen LogP contribution in [-0.4, -0.2) is 6.36 Å². The minimum atomic E-state index is -4.82. The van der Waals surface area contributed by atoms with Crippen LogP contribution in [0.3, 0.4) is 0 Å². The van der Waals surface area contributed by atoms with E-state index in [0.717, 1.165) is 31.4 Å². The van der Waals surface area contributed by atoms with Crippen molar-refractivity contribution in [1.29, 1.82) is 0 Å². The Labute approximate surface area is 173 Å². The number of alkyl halides is 3. The summed E-state index contributed by atoms with van der Waals surface area (Å²) in [7, 11) is 0. The maximum atomic E-state index is 15.1. The molecule has 0 fully saturated rings. The molecular formula is C24H25F5O. The zero-order chi connectivity index (χ0) is 21.7. The van der Waals surface area contributed by atoms with Gasteiger partial charge in [0.05, 0.1) is 5.56 Å². The van der Waals surface area contributed by atoms with E-state index in [2.05, 4.69) is 11.7 Å². The van der Waals surface area contributed by atoms with Crippen LogP contribution in [0, 0.1) is 11.6 Å². The molecule has 0 N–H and O–H groups in total. The van der Waals surface area contributed by atoms with Crippen LogP contribution in [0.25, 0.3) is 11.1 Å². The molecule has 30 heavy (non-hydrogen) atoms. The standard InChI is InChI=1S/C24H25F5O/c1-2-3-4-5-6-7-16-8-13-20-18(14-16)15-21(25)22(23(20)26)17-9-11-19(12-10-17)30-24(27,28)29/h8-12,15H,2-7,13-14H2,1H3. The molecule has 2 aromatic rings. The monoisotopic (exact) mass is 424 g/mol. The summed E-state index contributed by atoms with van der Waals surface area (Å²) in [5.41, 5.74) is 2.27. The molecule has 162 valence electrons. The Morgan fingerprint density at radius 2 is 1.67 bits per heavy atom. The summed E-state index contributed by atoms with van der Waals surface area (Å²) in [6.45, 7) is 2.17. The lowest BCUT2D eigenvalue weighted by Gasteiger charge is -2.20. The quantitative estimate of drug-likeness (QED) is 0.238. The smallest absolute Gasteiger partial charge is 0.406 e. The number of halogens is 5. The van der Waals surface area contributed by atoms with Crippen LogP contribution in [0.5, 0.6) is 5.75 Å². The molecular weight excluding hydrogens is 399 g/mol. The van der Waals surface area contributed by atoms with Gasteiger partial charge in [-0.2, -0.15) is 0 Å². The van der Waals surface area contributed by atoms with Crippen LogP contribution in [0.15, 0.2) is 42.0 Å². The lowest BCUT2D eigenvalue weighted by atomic mass is 9.86. The van der Waals surface area contributed by atoms with Gasteiger partial charge in [0.2, 0.25) is 0 Å². The minimum Gasteiger partial charge on any atom is -0.406 e. The first kappa shape index (κ1) is 22.3. The van der Waals surface area contributed by atoms with E-state index in [1.807, 2.05) is 6.08 Å². The van der Waals surface area contributed by atoms with E-state index in [1.165, 1.54) is 43.0 Å². The van der Waals surface area contributed by atoms with Crippen LogP contribution < -0.4 is 4.74 Å². The van der Waals surface area contributed by atoms with Gasteiger partial charge < -0.3 is 4.74 Å². The molecule has 0 radical (unpaired) electrons. The van der Waals surface area contributed by atoms with Crippen LogP contribution >= 0.6 is 0 Å². The van der Waals surface area contributed by atoms with Crippen molar-refractivity contribution in [2.45, 2.75) is 64.7 Å². The van der Waals surface area contributed by atoms with Crippen molar-refractivity contribution in [3.05, 3.63) is 64.7 Å². The van der Waals surface area contributed by atoms with Gasteiger partial charge in [0.1, 0.15) is 17.4 Å². The van der Waals surface area contributed by atoms with E-state index < -0.39 is 23.7 Å². The molecule has 0 aliphatic heterocycles. The number of allylic oxidation sites excluding steroid dienone is 2. The maximum Gasteiger partial charge on any atom is 0.573 e. The summed E-state index contributed by atoms with van der Waals surface area (Å²) in [5, 5.41) is 0. The number of fused-ring (bicyclic) bond motifs is 1. The molecule has 0 saturated heterocycles. The third kappa shape index (κ3) is 5.61. The first-order valence-corrected chi connectivity index (χ1v) is 10.3. The lowest BCUT2D eigenvalue weighted by molar-refractivity contribution is -0.274. The third-order valence-corrected chi connectivity index (χ3v) is 5.40. The average Bonchev–Trinajstić information content (AvgIpc) is 2.68. The van der Waals surface area contributed by atoms with Crippen molar-refractivity contribution in [3.63, 3.8) is 0 Å². The highest BCUT2D eigenvalue weighted by Gasteiger charge is 2.31. The summed E-state index contributed by atoms with van der Waals surface area (Å²) in [5.74, 6) is -1.79. The topological polar surface area (TPSA) is 9.23 Å². The second-order valence-electron chi connectivity index (χ2n) is 7.66. The van der Waals surface area contributed by atoms with Crippen molar-refractivity contribution in [2.75, 3.05) is 0 Å². The van der Waals surface area contributed by atoms with Gasteiger partial charge in [-0.05, 0) is 60.6 Å². The van der Waals surface area contributed by atoms with Gasteiger partial charge in [-0.3, -0.25) is 0 Å². The average molecular weight is 424 g/mol. The Morgan fingerprint density at radius 3 is 2.33 bits per heavy atom. The molecule has 6 heteroatoms. The Bertz CT molecular complexity index is 897. The predicted octanol–water partition coefficient (Wildman–Crippen LogP) is 7.92. The molecule has 0 spiro atoms. The largest absolute Gasteiger partial charge is 0.573 e. The fourth-order valence-corrected chi connectivity index (χ4v) is 3.88. The van der Waals surface area contributed by atoms with E-state index >= 15 is 4.39 Å². The summed E-state index contributed by atoms with van der Waals surface area (Å²) in [4.78, 5) is 0. The number of unbranched alkanes of at least 4 members (excludes halogenated alkanes) is 4. The van der Waals surface area contributed by atoms with E-state index in [4.69, 9.17) is 0 Å². The SMILES string of the molecule is CCCCCCCC1=CCc2c(cc(F)c(-c3ccc(OC(F)(F)F)cc3)c2F)C1. The summed E-state index contributed by atoms with van der Waals surface area (Å²) < 4.78 is 70.6. The summed E-state index contributed by atoms with van der Waals surface area (Å²) in [6.07, 6.45) is 4.94. The van der Waals surface area contributed by atoms with E-state index in [9.17, 15) is 17.6 Å². The normalized spacial score (nSPS) is 13.7. The van der Waals surface area contributed by atoms with Crippen LogP contribution in [0.2, 0.25) is 0 Å². The van der Waals surface area contributed by atoms with Crippen molar-refractivity contribution in [1.82, 2.24) is 0 Å². The molecule has 0 atom stereocenters. The van der Waals surface area contributed by atoms with Crippen molar-refractivity contribution < 1.29 is 26.7 Å². The highest BCUT2D eigenvalue weighted by atomic mass is 19.4. The fraction of sp³-hybridized carbons (Fsp3) is 0.417. The van der Waals surface area contributed by atoms with E-state index in [0.29, 0.717) is 24.0 Å². The summed E-state index contributed by atoms with van der Waals surface area (Å²) in [6, 6.07) is 5.93. The Kier molecular flexibility index (Phi) is 7.16. The number of hydrogen-bond acceptors (Lipinski definition) is 1. The molecule has 0 saturated carbocycles. The van der Waals surface area contributed by atoms with Crippen molar-refractivity contribution in [3.8, 4) is 16.9 Å². The molecule has 1 aliphatic rings. The van der Waals surface area contributed by atoms with Gasteiger partial charge in [-0.15, -0.1) is 13.2 Å². The maximum absolute atomic E-state index is 15.1. The molecule has 0 aromatic heterocycles. The Balaban J connectivity index is 1.75. The minimum absolute atomic E-state index is 0.174. The molecule has 2 aromatic carbocycles. The molecule has 0 unspecified atom stereocenters. The Hall–Kier alpha value is -2.37. The molecule has 0 bridgehead atoms. The van der Waals surface area contributed by atoms with Gasteiger partial charge >= 0.3 is 6.36 Å². The first-order chi connectivity index (χ1) is 14.3. The van der Waals surface area contributed by atoms with Gasteiger partial charge in [0.25, 0.3) is 0 Å². The highest BCUT2D eigenvalue weighted by molar-refractivity contribution is 5.68. The van der Waals surface area contributed by atoms with Gasteiger partial charge in [-0.1, -0.05) is 56.4 Å². The van der Waals surface area contributed by atoms with Crippen molar-refractivity contribution >= 4 is 0 Å². The molecule has 0 amide bonds. The van der Waals surface area contributed by atoms with Crippen LogP contribution in [0.1, 0.15) is 56.6 Å². The zero-order valence-corrected chi connectivity index (χ0v) is 16.9. The Morgan fingerprint density at radius 1 is 0.967 bits per heavy atom. The predicted molar refractivity (Wildman–Crippen MR) is 107 cm³/mol. The van der Waals surface area contributed by atoms with Crippen LogP contribution in [-0.2, 0) is 12.8 Å². The second kappa shape index (κ2) is 9.63. The molecule has 1 aliphatic carbocycles. The molecule has 1 nitrogen and oxygen atoms in total. The number of rotatable bonds is 8. The summed E-state index contributed by atoms with van der Waals surface area (Å²) >= 11 is 0. The fourth-order valence-electron chi connectivity index (χ4n) is 3.88. The second-order valence-corrected chi connectivity index (χ2v) is 7.66. The van der Waals surface area contributed by atoms with Crippen LogP contribution in [0.4, 0.5) is 22.0 Å². The molecule has 0 heterocycles.